The van der Waals surface area contributed by atoms with Gasteiger partial charge in [-0.15, -0.1) is 0 Å². The van der Waals surface area contributed by atoms with Gasteiger partial charge in [-0.05, 0) is 17.7 Å². The predicted molar refractivity (Wildman–Crippen MR) is 77.0 cm³/mol. The average Bonchev–Trinajstić information content (AvgIpc) is 2.48. The molecule has 2 aromatic carbocycles. The third kappa shape index (κ3) is 4.65. The summed E-state index contributed by atoms with van der Waals surface area (Å²) < 4.78 is 5.17. The van der Waals surface area contributed by atoms with Crippen LogP contribution in [0.5, 0.6) is 5.75 Å². The first-order valence-electron chi connectivity index (χ1n) is 6.42. The van der Waals surface area contributed by atoms with E-state index in [1.54, 1.807) is 30.3 Å². The van der Waals surface area contributed by atoms with Crippen molar-refractivity contribution >= 4 is 12.1 Å². The topological polar surface area (TPSA) is 66.8 Å². The van der Waals surface area contributed by atoms with Gasteiger partial charge in [0.15, 0.2) is 0 Å². The first-order valence-corrected chi connectivity index (χ1v) is 6.42. The Hall–Kier alpha value is -2.82. The lowest BCUT2D eigenvalue weighted by Gasteiger charge is -2.20. The van der Waals surface area contributed by atoms with E-state index in [1.807, 2.05) is 30.3 Å². The smallest absolute Gasteiger partial charge is 0.416 e. The second kappa shape index (κ2) is 7.09. The summed E-state index contributed by atoms with van der Waals surface area (Å²) in [5.74, 6) is -0.707. The number of hydrogen-bond donors (Lipinski definition) is 1. The van der Waals surface area contributed by atoms with Crippen molar-refractivity contribution in [2.75, 3.05) is 6.54 Å². The molecule has 0 spiro atoms. The first-order chi connectivity index (χ1) is 10.1. The molecule has 5 nitrogen and oxygen atoms in total. The largest absolute Gasteiger partial charge is 0.480 e. The van der Waals surface area contributed by atoms with Gasteiger partial charge in [-0.2, -0.15) is 0 Å². The van der Waals surface area contributed by atoms with Gasteiger partial charge in [0.2, 0.25) is 0 Å². The van der Waals surface area contributed by atoms with Crippen molar-refractivity contribution in [2.24, 2.45) is 0 Å². The van der Waals surface area contributed by atoms with Crippen LogP contribution in [0.3, 0.4) is 0 Å². The SMILES string of the molecule is O=C(O)CN(Cc1ccccc1)C(=O)Oc1ccccc1. The van der Waals surface area contributed by atoms with E-state index in [2.05, 4.69) is 0 Å². The summed E-state index contributed by atoms with van der Waals surface area (Å²) in [6.45, 7) is -0.237. The Balaban J connectivity index is 2.08. The van der Waals surface area contributed by atoms with E-state index < -0.39 is 18.6 Å². The van der Waals surface area contributed by atoms with Crippen LogP contribution in [-0.2, 0) is 11.3 Å². The molecule has 0 radical (unpaired) electrons. The molecule has 0 aromatic heterocycles. The zero-order valence-corrected chi connectivity index (χ0v) is 11.3. The summed E-state index contributed by atoms with van der Waals surface area (Å²) in [6.07, 6.45) is -0.688. The maximum atomic E-state index is 12.1. The Morgan fingerprint density at radius 1 is 0.952 bits per heavy atom. The molecule has 2 rings (SSSR count). The third-order valence-corrected chi connectivity index (χ3v) is 2.75. The van der Waals surface area contributed by atoms with Crippen molar-refractivity contribution in [3.63, 3.8) is 0 Å². The van der Waals surface area contributed by atoms with Gasteiger partial charge in [0.1, 0.15) is 12.3 Å². The second-order valence-corrected chi connectivity index (χ2v) is 4.42. The van der Waals surface area contributed by atoms with E-state index in [0.29, 0.717) is 5.75 Å². The predicted octanol–water partition coefficient (Wildman–Crippen LogP) is 2.77. The molecule has 5 heteroatoms. The van der Waals surface area contributed by atoms with E-state index in [1.165, 1.54) is 0 Å². The maximum absolute atomic E-state index is 12.1. The van der Waals surface area contributed by atoms with Crippen molar-refractivity contribution in [1.29, 1.82) is 0 Å². The molecule has 0 aliphatic rings. The number of carboxylic acids is 1. The first kappa shape index (κ1) is 14.6. The van der Waals surface area contributed by atoms with Crippen molar-refractivity contribution in [3.05, 3.63) is 66.2 Å². The number of rotatable bonds is 5. The molecule has 1 N–H and O–H groups in total. The summed E-state index contributed by atoms with van der Waals surface area (Å²) in [5.41, 5.74) is 0.837. The van der Waals surface area contributed by atoms with Gasteiger partial charge in [-0.25, -0.2) is 4.79 Å². The Morgan fingerprint density at radius 3 is 2.10 bits per heavy atom. The zero-order chi connectivity index (χ0) is 15.1. The number of benzene rings is 2. The quantitative estimate of drug-likeness (QED) is 0.917. The Labute approximate surface area is 122 Å². The van der Waals surface area contributed by atoms with Crippen LogP contribution in [-0.4, -0.2) is 28.6 Å². The van der Waals surface area contributed by atoms with Crippen LogP contribution >= 0.6 is 0 Å². The van der Waals surface area contributed by atoms with Gasteiger partial charge in [-0.3, -0.25) is 9.69 Å². The Bertz CT molecular complexity index is 598. The lowest BCUT2D eigenvalue weighted by atomic mass is 10.2. The summed E-state index contributed by atoms with van der Waals surface area (Å²) in [5, 5.41) is 8.93. The van der Waals surface area contributed by atoms with Crippen molar-refractivity contribution < 1.29 is 19.4 Å². The van der Waals surface area contributed by atoms with E-state index in [9.17, 15) is 9.59 Å². The number of carbonyl (C=O) groups excluding carboxylic acids is 1. The molecule has 0 aliphatic heterocycles. The normalized spacial score (nSPS) is 9.90. The summed E-state index contributed by atoms with van der Waals surface area (Å²) in [4.78, 5) is 24.1. The maximum Gasteiger partial charge on any atom is 0.416 e. The number of aliphatic carboxylic acids is 1. The number of amides is 1. The van der Waals surface area contributed by atoms with Crippen molar-refractivity contribution in [3.8, 4) is 5.75 Å². The van der Waals surface area contributed by atoms with Crippen molar-refractivity contribution in [1.82, 2.24) is 4.90 Å². The third-order valence-electron chi connectivity index (χ3n) is 2.75. The Morgan fingerprint density at radius 2 is 1.52 bits per heavy atom. The van der Waals surface area contributed by atoms with Crippen LogP contribution in [0.2, 0.25) is 0 Å². The van der Waals surface area contributed by atoms with Crippen LogP contribution in [0, 0.1) is 0 Å². The van der Waals surface area contributed by atoms with E-state index in [4.69, 9.17) is 9.84 Å². The average molecular weight is 285 g/mol. The molecule has 0 heterocycles. The van der Waals surface area contributed by atoms with Crippen LogP contribution in [0.15, 0.2) is 60.7 Å². The zero-order valence-electron chi connectivity index (χ0n) is 11.3. The van der Waals surface area contributed by atoms with Gasteiger partial charge in [-0.1, -0.05) is 48.5 Å². The number of carboxylic acid groups (broad SMARTS) is 1. The monoisotopic (exact) mass is 285 g/mol. The fraction of sp³-hybridized carbons (Fsp3) is 0.125. The van der Waals surface area contributed by atoms with E-state index in [0.717, 1.165) is 10.5 Å². The molecule has 0 aliphatic carbocycles. The fourth-order valence-corrected chi connectivity index (χ4v) is 1.81. The number of ether oxygens (including phenoxy) is 1. The summed E-state index contributed by atoms with van der Waals surface area (Å²) >= 11 is 0. The molecular weight excluding hydrogens is 270 g/mol. The van der Waals surface area contributed by atoms with Gasteiger partial charge in [0, 0.05) is 6.54 Å². The highest BCUT2D eigenvalue weighted by atomic mass is 16.6. The fourth-order valence-electron chi connectivity index (χ4n) is 1.81. The second-order valence-electron chi connectivity index (χ2n) is 4.42. The molecular formula is C16H15NO4. The van der Waals surface area contributed by atoms with Gasteiger partial charge < -0.3 is 9.84 Å². The minimum absolute atomic E-state index is 0.179. The highest BCUT2D eigenvalue weighted by molar-refractivity contribution is 5.78. The summed E-state index contributed by atoms with van der Waals surface area (Å²) in [6, 6.07) is 17.7. The minimum atomic E-state index is -1.09. The Kier molecular flexibility index (Phi) is 4.93. The molecule has 0 bridgehead atoms. The lowest BCUT2D eigenvalue weighted by molar-refractivity contribution is -0.137. The van der Waals surface area contributed by atoms with E-state index >= 15 is 0 Å². The van der Waals surface area contributed by atoms with Crippen LogP contribution in [0.1, 0.15) is 5.56 Å². The highest BCUT2D eigenvalue weighted by Crippen LogP contribution is 2.12. The molecule has 0 fully saturated rings. The standard InChI is InChI=1S/C16H15NO4/c18-15(19)12-17(11-13-7-3-1-4-8-13)16(20)21-14-9-5-2-6-10-14/h1-10H,11-12H2,(H,18,19). The molecule has 0 unspecified atom stereocenters. The lowest BCUT2D eigenvalue weighted by Crippen LogP contribution is -2.37. The summed E-state index contributed by atoms with van der Waals surface area (Å²) in [7, 11) is 0. The molecule has 0 saturated carbocycles. The highest BCUT2D eigenvalue weighted by Gasteiger charge is 2.19. The van der Waals surface area contributed by atoms with Gasteiger partial charge in [0.05, 0.1) is 0 Å². The number of hydrogen-bond acceptors (Lipinski definition) is 3. The van der Waals surface area contributed by atoms with Gasteiger partial charge >= 0.3 is 12.1 Å². The molecule has 108 valence electrons. The number of nitrogens with zero attached hydrogens (tertiary/aromatic N) is 1. The molecule has 0 saturated heterocycles. The number of para-hydroxylation sites is 1. The van der Waals surface area contributed by atoms with Crippen LogP contribution < -0.4 is 4.74 Å². The molecule has 21 heavy (non-hydrogen) atoms. The molecule has 0 atom stereocenters. The molecule has 2 aromatic rings. The van der Waals surface area contributed by atoms with Crippen molar-refractivity contribution in [2.45, 2.75) is 6.54 Å². The van der Waals surface area contributed by atoms with Gasteiger partial charge in [0.25, 0.3) is 0 Å². The van der Waals surface area contributed by atoms with Crippen LogP contribution in [0.4, 0.5) is 4.79 Å². The molecule has 1 amide bonds. The minimum Gasteiger partial charge on any atom is -0.480 e. The number of carbonyl (C=O) groups is 2. The van der Waals surface area contributed by atoms with E-state index in [-0.39, 0.29) is 6.54 Å². The van der Waals surface area contributed by atoms with Crippen LogP contribution in [0.25, 0.3) is 0 Å².